The van der Waals surface area contributed by atoms with E-state index in [1.165, 1.54) is 11.3 Å². The van der Waals surface area contributed by atoms with E-state index in [1.54, 1.807) is 18.6 Å². The first-order chi connectivity index (χ1) is 8.08. The Labute approximate surface area is 103 Å². The van der Waals surface area contributed by atoms with Crippen molar-refractivity contribution in [1.29, 1.82) is 0 Å². The molecule has 0 spiro atoms. The molecule has 1 aromatic heterocycles. The maximum atomic E-state index is 11.3. The van der Waals surface area contributed by atoms with Crippen LogP contribution in [0.4, 0.5) is 4.79 Å². The van der Waals surface area contributed by atoms with Crippen LogP contribution in [0.15, 0.2) is 11.7 Å². The zero-order valence-corrected chi connectivity index (χ0v) is 10.3. The Morgan fingerprint density at radius 2 is 2.29 bits per heavy atom. The van der Waals surface area contributed by atoms with E-state index in [4.69, 9.17) is 5.11 Å². The van der Waals surface area contributed by atoms with Crippen LogP contribution in [-0.2, 0) is 11.3 Å². The summed E-state index contributed by atoms with van der Waals surface area (Å²) in [6.07, 6.45) is 1.74. The van der Waals surface area contributed by atoms with Crippen LogP contribution in [0.1, 0.15) is 18.2 Å². The fourth-order valence-corrected chi connectivity index (χ4v) is 1.73. The molecule has 1 heterocycles. The first-order valence-corrected chi connectivity index (χ1v) is 6.06. The van der Waals surface area contributed by atoms with Gasteiger partial charge in [-0.2, -0.15) is 0 Å². The number of amides is 2. The van der Waals surface area contributed by atoms with Crippen LogP contribution in [0.2, 0.25) is 0 Å². The van der Waals surface area contributed by atoms with E-state index in [0.717, 1.165) is 4.88 Å². The van der Waals surface area contributed by atoms with Gasteiger partial charge in [-0.15, -0.1) is 11.3 Å². The number of carboxylic acid groups (broad SMARTS) is 1. The number of aromatic nitrogens is 1. The molecule has 0 saturated carbocycles. The molecule has 0 aliphatic heterocycles. The maximum absolute atomic E-state index is 11.3. The van der Waals surface area contributed by atoms with Gasteiger partial charge in [-0.1, -0.05) is 6.92 Å². The summed E-state index contributed by atoms with van der Waals surface area (Å²) in [5.74, 6) is -0.939. The van der Waals surface area contributed by atoms with Crippen molar-refractivity contribution in [3.63, 3.8) is 0 Å². The van der Waals surface area contributed by atoms with Gasteiger partial charge in [0.15, 0.2) is 0 Å². The van der Waals surface area contributed by atoms with Gasteiger partial charge in [-0.3, -0.25) is 9.78 Å². The van der Waals surface area contributed by atoms with Crippen molar-refractivity contribution >= 4 is 23.3 Å². The number of nitrogens with one attached hydrogen (secondary N) is 2. The quantitative estimate of drug-likeness (QED) is 0.710. The molecule has 2 amide bonds. The summed E-state index contributed by atoms with van der Waals surface area (Å²) in [4.78, 5) is 26.6. The van der Waals surface area contributed by atoms with Crippen molar-refractivity contribution in [2.75, 3.05) is 6.54 Å². The van der Waals surface area contributed by atoms with Crippen molar-refractivity contribution in [3.05, 3.63) is 16.6 Å². The third-order valence-corrected chi connectivity index (χ3v) is 2.82. The second kappa shape index (κ2) is 6.85. The maximum Gasteiger partial charge on any atom is 0.315 e. The van der Waals surface area contributed by atoms with Crippen LogP contribution in [0.5, 0.6) is 0 Å². The standard InChI is InChI=1S/C10H15N3O3S/c1-7(2-9(14)15)3-12-10(16)13-5-8-4-11-6-17-8/h4,6-7H,2-3,5H2,1H3,(H,14,15)(H2,12,13,16). The van der Waals surface area contributed by atoms with Gasteiger partial charge in [0.1, 0.15) is 0 Å². The molecule has 1 rings (SSSR count). The molecule has 1 atom stereocenters. The summed E-state index contributed by atoms with van der Waals surface area (Å²) in [5, 5.41) is 13.8. The minimum Gasteiger partial charge on any atom is -0.481 e. The Balaban J connectivity index is 2.15. The molecule has 0 aliphatic rings. The number of thiazole rings is 1. The summed E-state index contributed by atoms with van der Waals surface area (Å²) in [5.41, 5.74) is 1.70. The Hall–Kier alpha value is -1.63. The zero-order valence-electron chi connectivity index (χ0n) is 9.47. The van der Waals surface area contributed by atoms with Crippen LogP contribution in [0.3, 0.4) is 0 Å². The lowest BCUT2D eigenvalue weighted by Gasteiger charge is -2.10. The molecule has 3 N–H and O–H groups in total. The van der Waals surface area contributed by atoms with Crippen molar-refractivity contribution in [2.45, 2.75) is 19.9 Å². The monoisotopic (exact) mass is 257 g/mol. The highest BCUT2D eigenvalue weighted by molar-refractivity contribution is 7.09. The van der Waals surface area contributed by atoms with Crippen LogP contribution in [0, 0.1) is 5.92 Å². The minimum absolute atomic E-state index is 0.0507. The lowest BCUT2D eigenvalue weighted by molar-refractivity contribution is -0.137. The highest BCUT2D eigenvalue weighted by atomic mass is 32.1. The van der Waals surface area contributed by atoms with E-state index in [2.05, 4.69) is 15.6 Å². The van der Waals surface area contributed by atoms with Crippen LogP contribution in [0.25, 0.3) is 0 Å². The lowest BCUT2D eigenvalue weighted by atomic mass is 10.1. The summed E-state index contributed by atoms with van der Waals surface area (Å²) in [6, 6.07) is -0.296. The van der Waals surface area contributed by atoms with Gasteiger partial charge in [0.2, 0.25) is 0 Å². The number of carbonyl (C=O) groups excluding carboxylic acids is 1. The van der Waals surface area contributed by atoms with Gasteiger partial charge < -0.3 is 15.7 Å². The molecule has 0 aliphatic carbocycles. The van der Waals surface area contributed by atoms with Gasteiger partial charge >= 0.3 is 12.0 Å². The van der Waals surface area contributed by atoms with Crippen molar-refractivity contribution in [2.24, 2.45) is 5.92 Å². The molecule has 0 bridgehead atoms. The molecular weight excluding hydrogens is 242 g/mol. The normalized spacial score (nSPS) is 11.8. The molecule has 0 saturated heterocycles. The molecule has 1 aromatic rings. The van der Waals surface area contributed by atoms with Gasteiger partial charge in [0.05, 0.1) is 12.1 Å². The third kappa shape index (κ3) is 5.86. The van der Waals surface area contributed by atoms with E-state index in [9.17, 15) is 9.59 Å². The second-order valence-corrected chi connectivity index (χ2v) is 4.71. The van der Waals surface area contributed by atoms with E-state index >= 15 is 0 Å². The zero-order chi connectivity index (χ0) is 12.7. The number of carbonyl (C=O) groups is 2. The molecule has 94 valence electrons. The van der Waals surface area contributed by atoms with Crippen LogP contribution < -0.4 is 10.6 Å². The smallest absolute Gasteiger partial charge is 0.315 e. The molecule has 1 unspecified atom stereocenters. The molecule has 0 radical (unpaired) electrons. The Morgan fingerprint density at radius 3 is 2.88 bits per heavy atom. The Kier molecular flexibility index (Phi) is 5.41. The van der Waals surface area contributed by atoms with Crippen molar-refractivity contribution < 1.29 is 14.7 Å². The average Bonchev–Trinajstić information content (AvgIpc) is 2.75. The second-order valence-electron chi connectivity index (χ2n) is 3.73. The molecule has 0 aromatic carbocycles. The number of hydrogen-bond donors (Lipinski definition) is 3. The predicted molar refractivity (Wildman–Crippen MR) is 63.8 cm³/mol. The van der Waals surface area contributed by atoms with Crippen molar-refractivity contribution in [1.82, 2.24) is 15.6 Å². The molecule has 0 fully saturated rings. The highest BCUT2D eigenvalue weighted by Crippen LogP contribution is 2.04. The molecule has 7 heteroatoms. The van der Waals surface area contributed by atoms with E-state index in [0.29, 0.717) is 13.1 Å². The first-order valence-electron chi connectivity index (χ1n) is 5.18. The van der Waals surface area contributed by atoms with Gasteiger partial charge in [0.25, 0.3) is 0 Å². The number of carboxylic acids is 1. The largest absolute Gasteiger partial charge is 0.481 e. The van der Waals surface area contributed by atoms with Gasteiger partial charge in [-0.25, -0.2) is 4.79 Å². The Morgan fingerprint density at radius 1 is 1.53 bits per heavy atom. The van der Waals surface area contributed by atoms with Gasteiger partial charge in [0, 0.05) is 24.0 Å². The summed E-state index contributed by atoms with van der Waals surface area (Å²) < 4.78 is 0. The SMILES string of the molecule is CC(CNC(=O)NCc1cncs1)CC(=O)O. The number of nitrogens with zero attached hydrogens (tertiary/aromatic N) is 1. The number of urea groups is 1. The molecular formula is C10H15N3O3S. The van der Waals surface area contributed by atoms with E-state index in [-0.39, 0.29) is 18.4 Å². The predicted octanol–water partition coefficient (Wildman–Crippen LogP) is 1.05. The fourth-order valence-electron chi connectivity index (χ4n) is 1.20. The lowest BCUT2D eigenvalue weighted by Crippen LogP contribution is -2.37. The number of hydrogen-bond acceptors (Lipinski definition) is 4. The third-order valence-electron chi connectivity index (χ3n) is 2.04. The average molecular weight is 257 g/mol. The summed E-state index contributed by atoms with van der Waals surface area (Å²) >= 11 is 1.47. The summed E-state index contributed by atoms with van der Waals surface area (Å²) in [6.45, 7) is 2.56. The highest BCUT2D eigenvalue weighted by Gasteiger charge is 2.09. The molecule has 17 heavy (non-hydrogen) atoms. The van der Waals surface area contributed by atoms with Crippen LogP contribution in [-0.4, -0.2) is 28.6 Å². The number of rotatable bonds is 6. The molecule has 6 nitrogen and oxygen atoms in total. The minimum atomic E-state index is -0.857. The van der Waals surface area contributed by atoms with Crippen molar-refractivity contribution in [3.8, 4) is 0 Å². The van der Waals surface area contributed by atoms with E-state index in [1.807, 2.05) is 0 Å². The van der Waals surface area contributed by atoms with E-state index < -0.39 is 5.97 Å². The van der Waals surface area contributed by atoms with Gasteiger partial charge in [-0.05, 0) is 5.92 Å². The Bertz CT molecular complexity index is 367. The topological polar surface area (TPSA) is 91.3 Å². The number of aliphatic carboxylic acids is 1. The fraction of sp³-hybridized carbons (Fsp3) is 0.500. The summed E-state index contributed by atoms with van der Waals surface area (Å²) in [7, 11) is 0. The van der Waals surface area contributed by atoms with Crippen LogP contribution >= 0.6 is 11.3 Å². The first kappa shape index (κ1) is 13.4.